The highest BCUT2D eigenvalue weighted by Gasteiger charge is 2.18. The molecule has 2 aromatic rings. The van der Waals surface area contributed by atoms with Gasteiger partial charge >= 0.3 is 0 Å². The zero-order valence-electron chi connectivity index (χ0n) is 13.6. The third-order valence-electron chi connectivity index (χ3n) is 3.36. The van der Waals surface area contributed by atoms with Gasteiger partial charge in [-0.15, -0.1) is 0 Å². The van der Waals surface area contributed by atoms with Crippen molar-refractivity contribution in [3.63, 3.8) is 0 Å². The van der Waals surface area contributed by atoms with Crippen molar-refractivity contribution in [1.82, 2.24) is 0 Å². The third-order valence-corrected chi connectivity index (χ3v) is 4.72. The number of ether oxygens (including phenoxy) is 1. The number of hydrogen-bond donors (Lipinski definition) is 2. The Bertz CT molecular complexity index is 847. The molecule has 0 aliphatic rings. The summed E-state index contributed by atoms with van der Waals surface area (Å²) >= 11 is 0. The van der Waals surface area contributed by atoms with Gasteiger partial charge in [-0.25, -0.2) is 8.42 Å². The number of rotatable bonds is 7. The zero-order valence-corrected chi connectivity index (χ0v) is 14.4. The monoisotopic (exact) mass is 348 g/mol. The zero-order chi connectivity index (χ0) is 17.7. The largest absolute Gasteiger partial charge is 0.493 e. The molecule has 0 aliphatic heterocycles. The molecule has 6 nitrogen and oxygen atoms in total. The Labute approximate surface area is 141 Å². The second-order valence-corrected chi connectivity index (χ2v) is 6.97. The summed E-state index contributed by atoms with van der Waals surface area (Å²) in [5, 5.41) is 0. The van der Waals surface area contributed by atoms with Crippen LogP contribution in [0.15, 0.2) is 47.4 Å². The minimum atomic E-state index is -3.84. The van der Waals surface area contributed by atoms with E-state index < -0.39 is 15.9 Å². The second-order valence-electron chi connectivity index (χ2n) is 5.29. The maximum absolute atomic E-state index is 12.5. The topological polar surface area (TPSA) is 98.5 Å². The van der Waals surface area contributed by atoms with Crippen LogP contribution >= 0.6 is 0 Å². The van der Waals surface area contributed by atoms with Gasteiger partial charge in [0.15, 0.2) is 0 Å². The molecule has 24 heavy (non-hydrogen) atoms. The summed E-state index contributed by atoms with van der Waals surface area (Å²) in [6, 6.07) is 10.8. The second kappa shape index (κ2) is 7.35. The van der Waals surface area contributed by atoms with Gasteiger partial charge in [0, 0.05) is 0 Å². The highest BCUT2D eigenvalue weighted by atomic mass is 32.2. The van der Waals surface area contributed by atoms with E-state index >= 15 is 0 Å². The van der Waals surface area contributed by atoms with E-state index in [-0.39, 0.29) is 16.1 Å². The summed E-state index contributed by atoms with van der Waals surface area (Å²) in [4.78, 5) is 11.5. The summed E-state index contributed by atoms with van der Waals surface area (Å²) in [6.45, 7) is 4.34. The Balaban J connectivity index is 2.31. The predicted octanol–water partition coefficient (Wildman–Crippen LogP) is 2.68. The van der Waals surface area contributed by atoms with Gasteiger partial charge in [0.05, 0.1) is 22.8 Å². The van der Waals surface area contributed by atoms with Crippen LogP contribution in [0.2, 0.25) is 0 Å². The van der Waals surface area contributed by atoms with Crippen molar-refractivity contribution >= 4 is 21.6 Å². The number of amides is 1. The normalized spacial score (nSPS) is 11.1. The van der Waals surface area contributed by atoms with Gasteiger partial charge in [0.25, 0.3) is 15.9 Å². The van der Waals surface area contributed by atoms with Crippen molar-refractivity contribution in [3.8, 4) is 5.75 Å². The number of carbonyl (C=O) groups is 1. The molecule has 0 aromatic heterocycles. The van der Waals surface area contributed by atoms with Crippen LogP contribution in [0, 0.1) is 6.92 Å². The number of hydrogen-bond acceptors (Lipinski definition) is 4. The van der Waals surface area contributed by atoms with E-state index in [9.17, 15) is 13.2 Å². The Morgan fingerprint density at radius 1 is 1.21 bits per heavy atom. The number of para-hydroxylation sites is 1. The molecule has 2 aromatic carbocycles. The minimum Gasteiger partial charge on any atom is -0.493 e. The van der Waals surface area contributed by atoms with Crippen molar-refractivity contribution in [2.45, 2.75) is 25.2 Å². The fourth-order valence-electron chi connectivity index (χ4n) is 2.15. The number of carbonyl (C=O) groups excluding carboxylic acids is 1. The van der Waals surface area contributed by atoms with Crippen LogP contribution in [0.25, 0.3) is 0 Å². The lowest BCUT2D eigenvalue weighted by Gasteiger charge is -2.13. The van der Waals surface area contributed by atoms with E-state index in [1.165, 1.54) is 24.3 Å². The first-order chi connectivity index (χ1) is 11.3. The van der Waals surface area contributed by atoms with Crippen molar-refractivity contribution in [1.29, 1.82) is 0 Å². The van der Waals surface area contributed by atoms with Crippen LogP contribution in [0.4, 0.5) is 5.69 Å². The molecular formula is C17H20N2O4S. The van der Waals surface area contributed by atoms with Gasteiger partial charge in [-0.05, 0) is 49.2 Å². The molecule has 0 heterocycles. The van der Waals surface area contributed by atoms with Crippen molar-refractivity contribution in [2.24, 2.45) is 5.73 Å². The lowest BCUT2D eigenvalue weighted by Crippen LogP contribution is -2.18. The van der Waals surface area contributed by atoms with E-state index in [4.69, 9.17) is 10.5 Å². The van der Waals surface area contributed by atoms with E-state index in [1.54, 1.807) is 25.1 Å². The summed E-state index contributed by atoms with van der Waals surface area (Å²) < 4.78 is 33.1. The standard InChI is InChI=1S/C17H20N2O4S/c1-3-10-23-16-9-8-13(11-12(16)2)24(21,22)19-15-7-5-4-6-14(15)17(18)20/h4-9,11,19H,3,10H2,1-2H3,(H2,18,20). The van der Waals surface area contributed by atoms with Gasteiger partial charge in [-0.2, -0.15) is 0 Å². The fourth-order valence-corrected chi connectivity index (χ4v) is 3.32. The van der Waals surface area contributed by atoms with Crippen molar-refractivity contribution in [2.75, 3.05) is 11.3 Å². The lowest BCUT2D eigenvalue weighted by atomic mass is 10.2. The number of aryl methyl sites for hydroxylation is 1. The highest BCUT2D eigenvalue weighted by Crippen LogP contribution is 2.24. The number of benzene rings is 2. The van der Waals surface area contributed by atoms with Gasteiger partial charge in [0.1, 0.15) is 5.75 Å². The van der Waals surface area contributed by atoms with Crippen LogP contribution in [-0.2, 0) is 10.0 Å². The Morgan fingerprint density at radius 2 is 1.92 bits per heavy atom. The SMILES string of the molecule is CCCOc1ccc(S(=O)(=O)Nc2ccccc2C(N)=O)cc1C. The average molecular weight is 348 g/mol. The summed E-state index contributed by atoms with van der Waals surface area (Å²) in [5.74, 6) is -0.0545. The number of nitrogens with two attached hydrogens (primary N) is 1. The average Bonchev–Trinajstić information content (AvgIpc) is 2.53. The van der Waals surface area contributed by atoms with E-state index in [0.717, 1.165) is 12.0 Å². The van der Waals surface area contributed by atoms with Crippen LogP contribution in [0.5, 0.6) is 5.75 Å². The summed E-state index contributed by atoms with van der Waals surface area (Å²) in [7, 11) is -3.84. The molecule has 128 valence electrons. The van der Waals surface area contributed by atoms with Gasteiger partial charge in [-0.1, -0.05) is 19.1 Å². The predicted molar refractivity (Wildman–Crippen MR) is 92.7 cm³/mol. The maximum atomic E-state index is 12.5. The molecule has 7 heteroatoms. The molecule has 0 bridgehead atoms. The molecule has 0 spiro atoms. The third kappa shape index (κ3) is 4.05. The number of sulfonamides is 1. The Hall–Kier alpha value is -2.54. The Kier molecular flexibility index (Phi) is 5.46. The van der Waals surface area contributed by atoms with Crippen molar-refractivity contribution in [3.05, 3.63) is 53.6 Å². The summed E-state index contributed by atoms with van der Waals surface area (Å²) in [6.07, 6.45) is 0.866. The molecule has 0 unspecified atom stereocenters. The molecular weight excluding hydrogens is 328 g/mol. The molecule has 3 N–H and O–H groups in total. The van der Waals surface area contributed by atoms with Gasteiger partial charge in [-0.3, -0.25) is 9.52 Å². The van der Waals surface area contributed by atoms with Gasteiger partial charge < -0.3 is 10.5 Å². The number of primary amides is 1. The van der Waals surface area contributed by atoms with Crippen LogP contribution < -0.4 is 15.2 Å². The molecule has 0 saturated carbocycles. The van der Waals surface area contributed by atoms with Crippen LogP contribution in [0.1, 0.15) is 29.3 Å². The number of nitrogens with one attached hydrogen (secondary N) is 1. The van der Waals surface area contributed by atoms with E-state index in [1.807, 2.05) is 6.92 Å². The van der Waals surface area contributed by atoms with Gasteiger partial charge in [0.2, 0.25) is 0 Å². The molecule has 0 aliphatic carbocycles. The molecule has 2 rings (SSSR count). The van der Waals surface area contributed by atoms with E-state index in [0.29, 0.717) is 12.4 Å². The molecule has 0 atom stereocenters. The number of anilines is 1. The molecule has 0 saturated heterocycles. The van der Waals surface area contributed by atoms with E-state index in [2.05, 4.69) is 4.72 Å². The first-order valence-electron chi connectivity index (χ1n) is 7.50. The molecule has 0 fully saturated rings. The first kappa shape index (κ1) is 17.8. The maximum Gasteiger partial charge on any atom is 0.261 e. The highest BCUT2D eigenvalue weighted by molar-refractivity contribution is 7.92. The lowest BCUT2D eigenvalue weighted by molar-refractivity contribution is 0.100. The minimum absolute atomic E-state index is 0.0862. The smallest absolute Gasteiger partial charge is 0.261 e. The van der Waals surface area contributed by atoms with Crippen LogP contribution in [0.3, 0.4) is 0 Å². The summed E-state index contributed by atoms with van der Waals surface area (Å²) in [5.41, 5.74) is 6.25. The van der Waals surface area contributed by atoms with Crippen LogP contribution in [-0.4, -0.2) is 20.9 Å². The fraction of sp³-hybridized carbons (Fsp3) is 0.235. The quantitative estimate of drug-likeness (QED) is 0.803. The van der Waals surface area contributed by atoms with Crippen molar-refractivity contribution < 1.29 is 17.9 Å². The molecule has 0 radical (unpaired) electrons. The first-order valence-corrected chi connectivity index (χ1v) is 8.98. The Morgan fingerprint density at radius 3 is 2.54 bits per heavy atom. The molecule has 1 amide bonds.